The summed E-state index contributed by atoms with van der Waals surface area (Å²) in [6.45, 7) is 6.53. The Morgan fingerprint density at radius 1 is 1.71 bits per heavy atom. The van der Waals surface area contributed by atoms with Crippen LogP contribution in [0.4, 0.5) is 5.82 Å². The molecule has 0 fully saturated rings. The number of hydrogen-bond donors (Lipinski definition) is 1. The van der Waals surface area contributed by atoms with Crippen LogP contribution < -0.4 is 5.32 Å². The summed E-state index contributed by atoms with van der Waals surface area (Å²) in [4.78, 5) is 7.74. The van der Waals surface area contributed by atoms with Gasteiger partial charge in [0.15, 0.2) is 0 Å². The Bertz CT molecular complexity index is 365. The van der Waals surface area contributed by atoms with Crippen molar-refractivity contribution in [1.29, 1.82) is 5.26 Å². The van der Waals surface area contributed by atoms with Gasteiger partial charge in [-0.2, -0.15) is 5.26 Å². The summed E-state index contributed by atoms with van der Waals surface area (Å²) >= 11 is 0. The minimum Gasteiger partial charge on any atom is -0.365 e. The Morgan fingerprint density at radius 3 is 3.14 bits per heavy atom. The van der Waals surface area contributed by atoms with Crippen molar-refractivity contribution in [1.82, 2.24) is 9.97 Å². The van der Waals surface area contributed by atoms with Gasteiger partial charge in [0, 0.05) is 6.54 Å². The van der Waals surface area contributed by atoms with Crippen LogP contribution in [0.1, 0.15) is 18.9 Å². The van der Waals surface area contributed by atoms with Crippen LogP contribution in [-0.4, -0.2) is 16.5 Å². The topological polar surface area (TPSA) is 61.6 Å². The van der Waals surface area contributed by atoms with E-state index in [2.05, 4.69) is 21.9 Å². The van der Waals surface area contributed by atoms with E-state index in [-0.39, 0.29) is 0 Å². The first-order valence-corrected chi connectivity index (χ1v) is 4.38. The number of anilines is 1. The van der Waals surface area contributed by atoms with Crippen LogP contribution in [0.25, 0.3) is 0 Å². The van der Waals surface area contributed by atoms with Crippen molar-refractivity contribution in [2.24, 2.45) is 0 Å². The first-order chi connectivity index (χ1) is 6.77. The third-order valence-electron chi connectivity index (χ3n) is 1.84. The Labute approximate surface area is 83.3 Å². The lowest BCUT2D eigenvalue weighted by molar-refractivity contribution is 1.03. The molecule has 0 aromatic carbocycles. The summed E-state index contributed by atoms with van der Waals surface area (Å²) in [7, 11) is 0. The normalized spacial score (nSPS) is 9.14. The van der Waals surface area contributed by atoms with Crippen molar-refractivity contribution < 1.29 is 0 Å². The number of rotatable bonds is 4. The lowest BCUT2D eigenvalue weighted by Gasteiger charge is -2.06. The molecule has 0 spiro atoms. The van der Waals surface area contributed by atoms with Crippen molar-refractivity contribution in [3.05, 3.63) is 30.2 Å². The molecule has 1 N–H and O–H groups in total. The van der Waals surface area contributed by atoms with Crippen LogP contribution >= 0.6 is 0 Å². The van der Waals surface area contributed by atoms with E-state index in [0.717, 1.165) is 12.0 Å². The summed E-state index contributed by atoms with van der Waals surface area (Å²) in [5.74, 6) is 0.567. The van der Waals surface area contributed by atoms with Crippen molar-refractivity contribution in [2.45, 2.75) is 13.3 Å². The first-order valence-electron chi connectivity index (χ1n) is 4.38. The highest BCUT2D eigenvalue weighted by atomic mass is 15.0. The fourth-order valence-electron chi connectivity index (χ4n) is 0.886. The van der Waals surface area contributed by atoms with Crippen molar-refractivity contribution in [2.75, 3.05) is 11.9 Å². The van der Waals surface area contributed by atoms with E-state index >= 15 is 0 Å². The summed E-state index contributed by atoms with van der Waals surface area (Å²) in [5.41, 5.74) is 1.53. The van der Waals surface area contributed by atoms with Gasteiger partial charge in [0.25, 0.3) is 0 Å². The quantitative estimate of drug-likeness (QED) is 0.731. The average Bonchev–Trinajstić information content (AvgIpc) is 2.26. The molecule has 0 saturated carbocycles. The SMILES string of the molecule is C=C(CC)CNc1ncncc1C#N. The minimum absolute atomic E-state index is 0.455. The molecule has 1 rings (SSSR count). The Kier molecular flexibility index (Phi) is 3.62. The molecule has 0 saturated heterocycles. The fraction of sp³-hybridized carbons (Fsp3) is 0.300. The molecule has 4 heteroatoms. The van der Waals surface area contributed by atoms with E-state index in [1.165, 1.54) is 12.5 Å². The Morgan fingerprint density at radius 2 is 2.50 bits per heavy atom. The molecule has 1 aromatic heterocycles. The monoisotopic (exact) mass is 188 g/mol. The first kappa shape index (κ1) is 10.2. The Hall–Kier alpha value is -1.89. The average molecular weight is 188 g/mol. The van der Waals surface area contributed by atoms with Gasteiger partial charge in [-0.25, -0.2) is 9.97 Å². The number of nitrogens with one attached hydrogen (secondary N) is 1. The second-order valence-electron chi connectivity index (χ2n) is 2.85. The fourth-order valence-corrected chi connectivity index (χ4v) is 0.886. The van der Waals surface area contributed by atoms with Crippen molar-refractivity contribution >= 4 is 5.82 Å². The molecular weight excluding hydrogens is 176 g/mol. The highest BCUT2D eigenvalue weighted by Crippen LogP contribution is 2.08. The maximum atomic E-state index is 8.75. The second kappa shape index (κ2) is 4.97. The van der Waals surface area contributed by atoms with E-state index in [9.17, 15) is 0 Å². The van der Waals surface area contributed by atoms with Gasteiger partial charge in [0.2, 0.25) is 0 Å². The molecule has 1 heterocycles. The molecule has 14 heavy (non-hydrogen) atoms. The zero-order valence-electron chi connectivity index (χ0n) is 8.12. The highest BCUT2D eigenvalue weighted by Gasteiger charge is 2.01. The largest absolute Gasteiger partial charge is 0.365 e. The highest BCUT2D eigenvalue weighted by molar-refractivity contribution is 5.50. The number of aromatic nitrogens is 2. The van der Waals surface area contributed by atoms with Crippen molar-refractivity contribution in [3.63, 3.8) is 0 Å². The lowest BCUT2D eigenvalue weighted by atomic mass is 10.2. The van der Waals surface area contributed by atoms with E-state index in [0.29, 0.717) is 17.9 Å². The molecular formula is C10H12N4. The van der Waals surface area contributed by atoms with E-state index in [4.69, 9.17) is 5.26 Å². The predicted molar refractivity (Wildman–Crippen MR) is 54.7 cm³/mol. The van der Waals surface area contributed by atoms with E-state index in [1.54, 1.807) is 0 Å². The van der Waals surface area contributed by atoms with Crippen LogP contribution in [0, 0.1) is 11.3 Å². The zero-order valence-corrected chi connectivity index (χ0v) is 8.12. The van der Waals surface area contributed by atoms with Crippen LogP contribution in [0.15, 0.2) is 24.7 Å². The summed E-state index contributed by atoms with van der Waals surface area (Å²) < 4.78 is 0. The van der Waals surface area contributed by atoms with Gasteiger partial charge in [-0.15, -0.1) is 0 Å². The van der Waals surface area contributed by atoms with Gasteiger partial charge in [0.05, 0.1) is 6.20 Å². The van der Waals surface area contributed by atoms with Gasteiger partial charge in [-0.05, 0) is 6.42 Å². The molecule has 0 aliphatic carbocycles. The lowest BCUT2D eigenvalue weighted by Crippen LogP contribution is -2.06. The third-order valence-corrected chi connectivity index (χ3v) is 1.84. The molecule has 0 unspecified atom stereocenters. The van der Waals surface area contributed by atoms with Crippen LogP contribution in [0.3, 0.4) is 0 Å². The maximum absolute atomic E-state index is 8.75. The standard InChI is InChI=1S/C10H12N4/c1-3-8(2)5-13-10-9(4-11)6-12-7-14-10/h6-7H,2-3,5H2,1H3,(H,12,13,14). The van der Waals surface area contributed by atoms with Gasteiger partial charge < -0.3 is 5.32 Å². The molecule has 0 aliphatic rings. The number of hydrogen-bond acceptors (Lipinski definition) is 4. The summed E-state index contributed by atoms with van der Waals surface area (Å²) in [6.07, 6.45) is 3.82. The molecule has 0 radical (unpaired) electrons. The van der Waals surface area contributed by atoms with Gasteiger partial charge in [-0.3, -0.25) is 0 Å². The number of nitriles is 1. The third kappa shape index (κ3) is 2.56. The number of nitrogens with zero attached hydrogens (tertiary/aromatic N) is 3. The summed E-state index contributed by atoms with van der Waals surface area (Å²) in [6, 6.07) is 2.02. The molecule has 0 aliphatic heterocycles. The van der Waals surface area contributed by atoms with E-state index < -0.39 is 0 Å². The van der Waals surface area contributed by atoms with Gasteiger partial charge >= 0.3 is 0 Å². The second-order valence-corrected chi connectivity index (χ2v) is 2.85. The zero-order chi connectivity index (χ0) is 10.4. The van der Waals surface area contributed by atoms with Gasteiger partial charge in [-0.1, -0.05) is 19.1 Å². The molecule has 1 aromatic rings. The summed E-state index contributed by atoms with van der Waals surface area (Å²) in [5, 5.41) is 11.8. The smallest absolute Gasteiger partial charge is 0.147 e. The van der Waals surface area contributed by atoms with Crippen LogP contribution in [-0.2, 0) is 0 Å². The Balaban J connectivity index is 2.68. The predicted octanol–water partition coefficient (Wildman–Crippen LogP) is 1.73. The van der Waals surface area contributed by atoms with Gasteiger partial charge in [0.1, 0.15) is 23.8 Å². The molecule has 72 valence electrons. The van der Waals surface area contributed by atoms with Crippen LogP contribution in [0.2, 0.25) is 0 Å². The maximum Gasteiger partial charge on any atom is 0.147 e. The molecule has 0 bridgehead atoms. The van der Waals surface area contributed by atoms with Crippen molar-refractivity contribution in [3.8, 4) is 6.07 Å². The molecule has 4 nitrogen and oxygen atoms in total. The molecule has 0 atom stereocenters. The van der Waals surface area contributed by atoms with Crippen LogP contribution in [0.5, 0.6) is 0 Å². The minimum atomic E-state index is 0.455. The molecule has 0 amide bonds. The van der Waals surface area contributed by atoms with E-state index in [1.807, 2.05) is 13.0 Å².